The van der Waals surface area contributed by atoms with Crippen molar-refractivity contribution in [3.63, 3.8) is 0 Å². The van der Waals surface area contributed by atoms with E-state index in [-0.39, 0.29) is 17.4 Å². The number of carbonyl (C=O) groups excluding carboxylic acids is 1. The molecule has 2 aromatic rings. The highest BCUT2D eigenvalue weighted by atomic mass is 16.5. The van der Waals surface area contributed by atoms with E-state index in [1.807, 2.05) is 35.2 Å². The van der Waals surface area contributed by atoms with Gasteiger partial charge in [0, 0.05) is 26.2 Å². The van der Waals surface area contributed by atoms with E-state index in [4.69, 9.17) is 15.2 Å². The van der Waals surface area contributed by atoms with Crippen molar-refractivity contribution in [2.45, 2.75) is 26.3 Å². The van der Waals surface area contributed by atoms with E-state index in [1.165, 1.54) is 0 Å². The Morgan fingerprint density at radius 2 is 2.04 bits per heavy atom. The quantitative estimate of drug-likeness (QED) is 0.785. The van der Waals surface area contributed by atoms with E-state index >= 15 is 0 Å². The van der Waals surface area contributed by atoms with Gasteiger partial charge in [-0.1, -0.05) is 32.0 Å². The second-order valence-corrected chi connectivity index (χ2v) is 7.57. The monoisotopic (exact) mass is 372 g/mol. The first-order valence-electron chi connectivity index (χ1n) is 9.24. The van der Waals surface area contributed by atoms with Gasteiger partial charge in [0.1, 0.15) is 6.61 Å². The molecule has 2 heterocycles. The van der Waals surface area contributed by atoms with Crippen LogP contribution in [0.5, 0.6) is 5.75 Å². The minimum Gasteiger partial charge on any atom is -0.487 e. The van der Waals surface area contributed by atoms with Gasteiger partial charge in [-0.05, 0) is 24.0 Å². The lowest BCUT2D eigenvalue weighted by molar-refractivity contribution is 0.0521. The summed E-state index contributed by atoms with van der Waals surface area (Å²) in [6.07, 6.45) is 2.52. The number of benzene rings is 1. The van der Waals surface area contributed by atoms with Crippen molar-refractivity contribution < 1.29 is 14.3 Å². The Morgan fingerprint density at radius 1 is 1.30 bits per heavy atom. The Bertz CT molecular complexity index is 773. The molecule has 1 aliphatic rings. The van der Waals surface area contributed by atoms with E-state index < -0.39 is 0 Å². The molecule has 1 saturated heterocycles. The summed E-state index contributed by atoms with van der Waals surface area (Å²) in [7, 11) is 1.61. The van der Waals surface area contributed by atoms with Crippen LogP contribution in [0.15, 0.2) is 36.5 Å². The molecule has 3 rings (SSSR count). The van der Waals surface area contributed by atoms with Crippen molar-refractivity contribution in [1.29, 1.82) is 0 Å². The molecule has 1 fully saturated rings. The average molecular weight is 372 g/mol. The first-order chi connectivity index (χ1) is 12.9. The van der Waals surface area contributed by atoms with Crippen LogP contribution in [0, 0.1) is 5.41 Å². The van der Waals surface area contributed by atoms with Gasteiger partial charge in [0.15, 0.2) is 11.4 Å². The van der Waals surface area contributed by atoms with Gasteiger partial charge in [0.2, 0.25) is 0 Å². The predicted molar refractivity (Wildman–Crippen MR) is 103 cm³/mol. The third-order valence-corrected chi connectivity index (χ3v) is 5.05. The lowest BCUT2D eigenvalue weighted by atomic mass is 9.79. The molecule has 0 saturated carbocycles. The number of methoxy groups -OCH3 is 1. The van der Waals surface area contributed by atoms with Crippen LogP contribution in [0.2, 0.25) is 0 Å². The zero-order chi connectivity index (χ0) is 19.4. The molecule has 27 heavy (non-hydrogen) atoms. The molecule has 0 spiro atoms. The van der Waals surface area contributed by atoms with Crippen LogP contribution in [0.1, 0.15) is 30.8 Å². The number of aromatic nitrogens is 2. The lowest BCUT2D eigenvalue weighted by Gasteiger charge is -2.42. The number of carbonyl (C=O) groups is 1. The number of para-hydroxylation sites is 1. The summed E-state index contributed by atoms with van der Waals surface area (Å²) in [5, 5.41) is 4.53. The van der Waals surface area contributed by atoms with Crippen LogP contribution in [-0.2, 0) is 4.74 Å². The van der Waals surface area contributed by atoms with Gasteiger partial charge >= 0.3 is 0 Å². The molecular formula is C20H28N4O3. The Labute approximate surface area is 160 Å². The molecule has 1 amide bonds. The SMILES string of the molecule is COCCOc1cn(-c2ccccc2)nc1C(=O)N1CCC(N)C(C)(C)C1. The molecule has 146 valence electrons. The zero-order valence-corrected chi connectivity index (χ0v) is 16.2. The van der Waals surface area contributed by atoms with E-state index in [1.54, 1.807) is 18.0 Å². The third-order valence-electron chi connectivity index (χ3n) is 5.05. The maximum atomic E-state index is 13.2. The minimum absolute atomic E-state index is 0.0841. The van der Waals surface area contributed by atoms with E-state index in [2.05, 4.69) is 18.9 Å². The highest BCUT2D eigenvalue weighted by molar-refractivity contribution is 5.95. The number of amides is 1. The number of hydrogen-bond donors (Lipinski definition) is 1. The van der Waals surface area contributed by atoms with Crippen LogP contribution < -0.4 is 10.5 Å². The molecule has 2 N–H and O–H groups in total. The maximum absolute atomic E-state index is 13.2. The van der Waals surface area contributed by atoms with Crippen molar-refractivity contribution >= 4 is 5.91 Å². The standard InChI is InChI=1S/C20H28N4O3/c1-20(2)14-23(10-9-17(20)21)19(25)18-16(27-12-11-26-3)13-24(22-18)15-7-5-4-6-8-15/h4-8,13,17H,9-12,14,21H2,1-3H3. The van der Waals surface area contributed by atoms with Gasteiger partial charge in [-0.15, -0.1) is 0 Å². The van der Waals surface area contributed by atoms with Crippen LogP contribution in [0.25, 0.3) is 5.69 Å². The van der Waals surface area contributed by atoms with Gasteiger partial charge < -0.3 is 20.1 Å². The van der Waals surface area contributed by atoms with Crippen molar-refractivity contribution in [2.75, 3.05) is 33.4 Å². The lowest BCUT2D eigenvalue weighted by Crippen LogP contribution is -2.54. The Hall–Kier alpha value is -2.38. The highest BCUT2D eigenvalue weighted by Crippen LogP contribution is 2.30. The van der Waals surface area contributed by atoms with Crippen LogP contribution in [0.3, 0.4) is 0 Å². The number of hydrogen-bond acceptors (Lipinski definition) is 5. The number of ether oxygens (including phenoxy) is 2. The van der Waals surface area contributed by atoms with Crippen LogP contribution >= 0.6 is 0 Å². The van der Waals surface area contributed by atoms with Gasteiger partial charge in [0.25, 0.3) is 5.91 Å². The van der Waals surface area contributed by atoms with Gasteiger partial charge in [-0.2, -0.15) is 5.10 Å². The van der Waals surface area contributed by atoms with Crippen LogP contribution in [0.4, 0.5) is 0 Å². The number of nitrogens with two attached hydrogens (primary N) is 1. The smallest absolute Gasteiger partial charge is 0.278 e. The summed E-state index contributed by atoms with van der Waals surface area (Å²) in [5.41, 5.74) is 7.27. The molecule has 1 atom stereocenters. The van der Waals surface area contributed by atoms with Crippen LogP contribution in [-0.4, -0.2) is 60.0 Å². The Kier molecular flexibility index (Phi) is 5.82. The highest BCUT2D eigenvalue weighted by Gasteiger charge is 2.37. The molecule has 7 heteroatoms. The van der Waals surface area contributed by atoms with Gasteiger partial charge in [-0.25, -0.2) is 4.68 Å². The van der Waals surface area contributed by atoms with Gasteiger partial charge in [-0.3, -0.25) is 4.79 Å². The molecule has 0 bridgehead atoms. The average Bonchev–Trinajstić information content (AvgIpc) is 3.08. The topological polar surface area (TPSA) is 82.6 Å². The summed E-state index contributed by atoms with van der Waals surface area (Å²) in [6, 6.07) is 9.75. The molecule has 0 radical (unpaired) electrons. The Morgan fingerprint density at radius 3 is 2.70 bits per heavy atom. The summed E-state index contributed by atoms with van der Waals surface area (Å²) in [4.78, 5) is 15.0. The molecule has 7 nitrogen and oxygen atoms in total. The summed E-state index contributed by atoms with van der Waals surface area (Å²) in [6.45, 7) is 6.20. The van der Waals surface area contributed by atoms with E-state index in [0.29, 0.717) is 37.7 Å². The Balaban J connectivity index is 1.88. The molecule has 1 aliphatic heterocycles. The second kappa shape index (κ2) is 8.10. The summed E-state index contributed by atoms with van der Waals surface area (Å²) >= 11 is 0. The molecule has 1 aromatic carbocycles. The predicted octanol–water partition coefficient (Wildman–Crippen LogP) is 2.10. The summed E-state index contributed by atoms with van der Waals surface area (Å²) in [5.74, 6) is 0.339. The number of likely N-dealkylation sites (tertiary alicyclic amines) is 1. The number of rotatable bonds is 6. The van der Waals surface area contributed by atoms with E-state index in [9.17, 15) is 4.79 Å². The molecule has 0 aliphatic carbocycles. The first-order valence-corrected chi connectivity index (χ1v) is 9.24. The molecule has 1 unspecified atom stereocenters. The van der Waals surface area contributed by atoms with Crippen molar-refractivity contribution in [3.8, 4) is 11.4 Å². The fourth-order valence-electron chi connectivity index (χ4n) is 3.26. The largest absolute Gasteiger partial charge is 0.487 e. The zero-order valence-electron chi connectivity index (χ0n) is 16.2. The van der Waals surface area contributed by atoms with Crippen molar-refractivity contribution in [1.82, 2.24) is 14.7 Å². The number of nitrogens with zero attached hydrogens (tertiary/aromatic N) is 3. The minimum atomic E-state index is -0.132. The summed E-state index contributed by atoms with van der Waals surface area (Å²) < 4.78 is 12.5. The maximum Gasteiger partial charge on any atom is 0.278 e. The molecule has 1 aromatic heterocycles. The van der Waals surface area contributed by atoms with Gasteiger partial charge in [0.05, 0.1) is 18.5 Å². The third kappa shape index (κ3) is 4.31. The molecular weight excluding hydrogens is 344 g/mol. The fraction of sp³-hybridized carbons (Fsp3) is 0.500. The normalized spacial score (nSPS) is 19.1. The fourth-order valence-corrected chi connectivity index (χ4v) is 3.26. The van der Waals surface area contributed by atoms with E-state index in [0.717, 1.165) is 12.1 Å². The van der Waals surface area contributed by atoms with Crippen molar-refractivity contribution in [3.05, 3.63) is 42.2 Å². The van der Waals surface area contributed by atoms with Crippen molar-refractivity contribution in [2.24, 2.45) is 11.1 Å². The number of piperidine rings is 1. The second-order valence-electron chi connectivity index (χ2n) is 7.57. The first kappa shape index (κ1) is 19.4.